The molecule has 0 bridgehead atoms. The van der Waals surface area contributed by atoms with Crippen LogP contribution in [0, 0.1) is 5.92 Å². The summed E-state index contributed by atoms with van der Waals surface area (Å²) in [6, 6.07) is 15.1. The van der Waals surface area contributed by atoms with Crippen LogP contribution in [-0.4, -0.2) is 53.6 Å². The number of esters is 2. The number of amides is 3. The van der Waals surface area contributed by atoms with Crippen molar-refractivity contribution in [2.75, 3.05) is 0 Å². The highest BCUT2D eigenvalue weighted by molar-refractivity contribution is 5.93. The van der Waals surface area contributed by atoms with E-state index in [0.717, 1.165) is 11.1 Å². The van der Waals surface area contributed by atoms with E-state index in [1.165, 1.54) is 6.92 Å². The number of alkyl carbamates (subject to hydrolysis) is 1. The minimum atomic E-state index is -1.20. The molecule has 0 heterocycles. The van der Waals surface area contributed by atoms with E-state index in [1.807, 2.05) is 74.5 Å². The Labute approximate surface area is 259 Å². The number of carbonyl (C=O) groups excluding carboxylic acids is 5. The quantitative estimate of drug-likeness (QED) is 0.201. The summed E-state index contributed by atoms with van der Waals surface area (Å²) in [5.41, 5.74) is 0.789. The summed E-state index contributed by atoms with van der Waals surface area (Å²) in [4.78, 5) is 64.1. The Morgan fingerprint density at radius 1 is 0.750 bits per heavy atom. The van der Waals surface area contributed by atoms with Crippen molar-refractivity contribution in [2.24, 2.45) is 5.92 Å². The van der Waals surface area contributed by atoms with Gasteiger partial charge in [0.15, 0.2) is 0 Å². The second-order valence-electron chi connectivity index (χ2n) is 11.6. The summed E-state index contributed by atoms with van der Waals surface area (Å²) in [7, 11) is 0. The molecule has 3 N–H and O–H groups in total. The molecule has 0 spiro atoms. The standard InChI is InChI=1S/C33H45N3O8/c1-7-22(2)28(31(40)43-21-25-16-12-9-13-17-25)36-29(38)23(3)34-30(39)26(35-32(41)44-33(4,5)6)18-19-27(37)42-20-24-14-10-8-11-15-24/h8-17,22-23,26,28H,7,18-21H2,1-6H3,(H,34,39)(H,35,41)(H,36,38)/t22-,23-,26-,28-/m1/s1. The van der Waals surface area contributed by atoms with E-state index in [0.29, 0.717) is 6.42 Å². The van der Waals surface area contributed by atoms with Crippen molar-refractivity contribution < 1.29 is 38.2 Å². The fraction of sp³-hybridized carbons (Fsp3) is 0.485. The molecule has 0 aromatic heterocycles. The van der Waals surface area contributed by atoms with Crippen molar-refractivity contribution in [2.45, 2.75) is 97.7 Å². The molecule has 11 heteroatoms. The van der Waals surface area contributed by atoms with Crippen LogP contribution in [0.5, 0.6) is 0 Å². The summed E-state index contributed by atoms with van der Waals surface area (Å²) in [5, 5.41) is 7.73. The van der Waals surface area contributed by atoms with Gasteiger partial charge in [0, 0.05) is 6.42 Å². The average molecular weight is 612 g/mol. The summed E-state index contributed by atoms with van der Waals surface area (Å²) >= 11 is 0. The van der Waals surface area contributed by atoms with Gasteiger partial charge in [-0.2, -0.15) is 0 Å². The van der Waals surface area contributed by atoms with Gasteiger partial charge >= 0.3 is 18.0 Å². The van der Waals surface area contributed by atoms with Gasteiger partial charge in [0.25, 0.3) is 0 Å². The van der Waals surface area contributed by atoms with Gasteiger partial charge in [-0.15, -0.1) is 0 Å². The predicted octanol–water partition coefficient (Wildman–Crippen LogP) is 4.18. The molecule has 0 fully saturated rings. The van der Waals surface area contributed by atoms with Gasteiger partial charge in [-0.3, -0.25) is 14.4 Å². The molecule has 2 aromatic rings. The van der Waals surface area contributed by atoms with E-state index < -0.39 is 53.6 Å². The lowest BCUT2D eigenvalue weighted by atomic mass is 9.99. The van der Waals surface area contributed by atoms with E-state index >= 15 is 0 Å². The summed E-state index contributed by atoms with van der Waals surface area (Å²) in [6.45, 7) is 10.3. The zero-order valence-corrected chi connectivity index (χ0v) is 26.4. The van der Waals surface area contributed by atoms with Crippen LogP contribution in [0.4, 0.5) is 4.79 Å². The molecule has 0 saturated carbocycles. The molecule has 0 aliphatic rings. The first-order chi connectivity index (χ1) is 20.8. The third kappa shape index (κ3) is 13.3. The van der Waals surface area contributed by atoms with Crippen LogP contribution in [-0.2, 0) is 46.6 Å². The van der Waals surface area contributed by atoms with Crippen LogP contribution in [0.1, 0.15) is 71.9 Å². The Hall–Kier alpha value is -4.41. The van der Waals surface area contributed by atoms with E-state index in [9.17, 15) is 24.0 Å². The second-order valence-corrected chi connectivity index (χ2v) is 11.6. The van der Waals surface area contributed by atoms with Gasteiger partial charge in [0.05, 0.1) is 0 Å². The molecule has 2 rings (SSSR count). The summed E-state index contributed by atoms with van der Waals surface area (Å²) in [5.74, 6) is -2.71. The fourth-order valence-corrected chi connectivity index (χ4v) is 3.94. The highest BCUT2D eigenvalue weighted by Crippen LogP contribution is 2.13. The lowest BCUT2D eigenvalue weighted by Crippen LogP contribution is -2.56. The minimum absolute atomic E-state index is 0.0561. The first kappa shape index (κ1) is 35.8. The van der Waals surface area contributed by atoms with Gasteiger partial charge in [-0.05, 0) is 51.2 Å². The number of benzene rings is 2. The molecule has 0 aliphatic heterocycles. The minimum Gasteiger partial charge on any atom is -0.461 e. The molecule has 0 unspecified atom stereocenters. The zero-order valence-electron chi connectivity index (χ0n) is 26.4. The van der Waals surface area contributed by atoms with Crippen molar-refractivity contribution in [1.82, 2.24) is 16.0 Å². The fourth-order valence-electron chi connectivity index (χ4n) is 3.94. The van der Waals surface area contributed by atoms with E-state index in [-0.39, 0.29) is 32.0 Å². The number of rotatable bonds is 15. The molecule has 0 saturated heterocycles. The lowest BCUT2D eigenvalue weighted by molar-refractivity contribution is -0.151. The molecule has 0 aliphatic carbocycles. The molecule has 11 nitrogen and oxygen atoms in total. The Morgan fingerprint density at radius 3 is 1.82 bits per heavy atom. The molecule has 3 amide bonds. The van der Waals surface area contributed by atoms with Crippen LogP contribution in [0.3, 0.4) is 0 Å². The highest BCUT2D eigenvalue weighted by atomic mass is 16.6. The Kier molecular flexibility index (Phi) is 14.4. The topological polar surface area (TPSA) is 149 Å². The molecule has 0 radical (unpaired) electrons. The number of carbonyl (C=O) groups is 5. The van der Waals surface area contributed by atoms with Crippen molar-refractivity contribution in [1.29, 1.82) is 0 Å². The van der Waals surface area contributed by atoms with Gasteiger partial charge in [-0.25, -0.2) is 9.59 Å². The second kappa shape index (κ2) is 17.6. The van der Waals surface area contributed by atoms with E-state index in [4.69, 9.17) is 14.2 Å². The average Bonchev–Trinajstić information content (AvgIpc) is 2.99. The molecular weight excluding hydrogens is 566 g/mol. The normalized spacial score (nSPS) is 13.8. The maximum absolute atomic E-state index is 13.2. The maximum Gasteiger partial charge on any atom is 0.408 e. The highest BCUT2D eigenvalue weighted by Gasteiger charge is 2.31. The van der Waals surface area contributed by atoms with Crippen molar-refractivity contribution in [3.05, 3.63) is 71.8 Å². The van der Waals surface area contributed by atoms with Gasteiger partial charge in [0.2, 0.25) is 11.8 Å². The zero-order chi connectivity index (χ0) is 32.7. The first-order valence-electron chi connectivity index (χ1n) is 14.8. The number of hydrogen-bond acceptors (Lipinski definition) is 8. The van der Waals surface area contributed by atoms with Gasteiger partial charge in [-0.1, -0.05) is 80.9 Å². The maximum atomic E-state index is 13.2. The third-order valence-electron chi connectivity index (χ3n) is 6.63. The van der Waals surface area contributed by atoms with Crippen molar-refractivity contribution >= 4 is 29.8 Å². The SMILES string of the molecule is CC[C@@H](C)[C@@H](NC(=O)[C@@H](C)NC(=O)[C@@H](CCC(=O)OCc1ccccc1)NC(=O)OC(C)(C)C)C(=O)OCc1ccccc1. The van der Waals surface area contributed by atoms with Crippen LogP contribution >= 0.6 is 0 Å². The largest absolute Gasteiger partial charge is 0.461 e. The van der Waals surface area contributed by atoms with E-state index in [1.54, 1.807) is 20.8 Å². The Balaban J connectivity index is 2.02. The number of nitrogens with one attached hydrogen (secondary N) is 3. The van der Waals surface area contributed by atoms with Crippen LogP contribution in [0.2, 0.25) is 0 Å². The predicted molar refractivity (Wildman–Crippen MR) is 164 cm³/mol. The third-order valence-corrected chi connectivity index (χ3v) is 6.63. The monoisotopic (exact) mass is 611 g/mol. The first-order valence-corrected chi connectivity index (χ1v) is 14.8. The van der Waals surface area contributed by atoms with Gasteiger partial charge in [0.1, 0.15) is 36.9 Å². The molecule has 4 atom stereocenters. The Morgan fingerprint density at radius 2 is 1.30 bits per heavy atom. The Bertz CT molecular complexity index is 1230. The number of hydrogen-bond donors (Lipinski definition) is 3. The van der Waals surface area contributed by atoms with E-state index in [2.05, 4.69) is 16.0 Å². The lowest BCUT2D eigenvalue weighted by Gasteiger charge is -2.26. The molecule has 240 valence electrons. The summed E-state index contributed by atoms with van der Waals surface area (Å²) < 4.78 is 16.0. The summed E-state index contributed by atoms with van der Waals surface area (Å²) in [6.07, 6.45) is -0.543. The van der Waals surface area contributed by atoms with Crippen molar-refractivity contribution in [3.63, 3.8) is 0 Å². The number of ether oxygens (including phenoxy) is 3. The van der Waals surface area contributed by atoms with Crippen LogP contribution < -0.4 is 16.0 Å². The molecule has 2 aromatic carbocycles. The van der Waals surface area contributed by atoms with Crippen LogP contribution in [0.25, 0.3) is 0 Å². The van der Waals surface area contributed by atoms with Crippen molar-refractivity contribution in [3.8, 4) is 0 Å². The smallest absolute Gasteiger partial charge is 0.408 e. The van der Waals surface area contributed by atoms with Gasteiger partial charge < -0.3 is 30.2 Å². The molecular formula is C33H45N3O8. The van der Waals surface area contributed by atoms with Crippen LogP contribution in [0.15, 0.2) is 60.7 Å². The molecule has 44 heavy (non-hydrogen) atoms.